The molecule has 0 amide bonds. The maximum absolute atomic E-state index is 13.9. The summed E-state index contributed by atoms with van der Waals surface area (Å²) in [5.41, 5.74) is 0.0293. The minimum absolute atomic E-state index is 0.275. The molecule has 0 unspecified atom stereocenters. The van der Waals surface area contributed by atoms with Crippen LogP contribution < -0.4 is 4.90 Å². The van der Waals surface area contributed by atoms with Crippen LogP contribution in [0.5, 0.6) is 0 Å². The summed E-state index contributed by atoms with van der Waals surface area (Å²) >= 11 is 0. The Morgan fingerprint density at radius 2 is 2.10 bits per heavy atom. The van der Waals surface area contributed by atoms with Crippen LogP contribution in [0, 0.1) is 15.9 Å². The van der Waals surface area contributed by atoms with Crippen molar-refractivity contribution in [2.45, 2.75) is 6.92 Å². The predicted octanol–water partition coefficient (Wildman–Crippen LogP) is 2.87. The molecule has 1 saturated heterocycles. The molecule has 0 bridgehead atoms. The molecule has 1 aromatic carbocycles. The molecule has 2 rings (SSSR count). The van der Waals surface area contributed by atoms with Gasteiger partial charge < -0.3 is 9.42 Å². The number of benzene rings is 1. The standard InChI is InChI=1S/C12H16FN2O4P/c1-2-19-20(18)7-5-14(6-8-20)12-4-3-10(15(16)17)9-11(12)13/h3-4,9H,2,5-8H2,1H3. The van der Waals surface area contributed by atoms with Crippen LogP contribution in [-0.2, 0) is 9.09 Å². The van der Waals surface area contributed by atoms with E-state index in [1.54, 1.807) is 11.8 Å². The van der Waals surface area contributed by atoms with Crippen molar-refractivity contribution in [1.29, 1.82) is 0 Å². The van der Waals surface area contributed by atoms with Crippen LogP contribution in [-0.4, -0.2) is 36.9 Å². The first-order chi connectivity index (χ1) is 9.45. The van der Waals surface area contributed by atoms with E-state index in [1.165, 1.54) is 12.1 Å². The molecule has 1 fully saturated rings. The molecule has 20 heavy (non-hydrogen) atoms. The van der Waals surface area contributed by atoms with Gasteiger partial charge in [0, 0.05) is 31.5 Å². The van der Waals surface area contributed by atoms with Gasteiger partial charge in [0.25, 0.3) is 5.69 Å². The van der Waals surface area contributed by atoms with E-state index < -0.39 is 18.1 Å². The third-order valence-corrected chi connectivity index (χ3v) is 5.76. The quantitative estimate of drug-likeness (QED) is 0.486. The van der Waals surface area contributed by atoms with E-state index in [0.717, 1.165) is 6.07 Å². The smallest absolute Gasteiger partial charge is 0.272 e. The highest BCUT2D eigenvalue weighted by Crippen LogP contribution is 2.49. The Balaban J connectivity index is 2.11. The van der Waals surface area contributed by atoms with Gasteiger partial charge in [-0.05, 0) is 13.0 Å². The van der Waals surface area contributed by atoms with E-state index in [9.17, 15) is 19.1 Å². The third-order valence-electron chi connectivity index (χ3n) is 3.27. The van der Waals surface area contributed by atoms with Gasteiger partial charge in [-0.3, -0.25) is 14.7 Å². The van der Waals surface area contributed by atoms with Gasteiger partial charge in [-0.25, -0.2) is 4.39 Å². The van der Waals surface area contributed by atoms with Crippen molar-refractivity contribution in [3.05, 3.63) is 34.1 Å². The van der Waals surface area contributed by atoms with E-state index in [2.05, 4.69) is 0 Å². The summed E-state index contributed by atoms with van der Waals surface area (Å²) in [6.45, 7) is 3.04. The number of hydrogen-bond donors (Lipinski definition) is 0. The van der Waals surface area contributed by atoms with Crippen LogP contribution in [0.4, 0.5) is 15.8 Å². The van der Waals surface area contributed by atoms with Gasteiger partial charge in [0.2, 0.25) is 7.37 Å². The molecule has 1 aliphatic rings. The highest BCUT2D eigenvalue weighted by molar-refractivity contribution is 7.59. The second-order valence-electron chi connectivity index (χ2n) is 4.56. The van der Waals surface area contributed by atoms with Crippen LogP contribution in [0.25, 0.3) is 0 Å². The molecular weight excluding hydrogens is 286 g/mol. The van der Waals surface area contributed by atoms with Gasteiger partial charge in [0.15, 0.2) is 5.82 Å². The molecule has 8 heteroatoms. The van der Waals surface area contributed by atoms with Crippen LogP contribution in [0.1, 0.15) is 6.92 Å². The van der Waals surface area contributed by atoms with Gasteiger partial charge in [-0.1, -0.05) is 0 Å². The summed E-state index contributed by atoms with van der Waals surface area (Å²) in [4.78, 5) is 11.7. The van der Waals surface area contributed by atoms with Crippen molar-refractivity contribution in [3.63, 3.8) is 0 Å². The molecule has 110 valence electrons. The van der Waals surface area contributed by atoms with E-state index >= 15 is 0 Å². The molecule has 0 radical (unpaired) electrons. The molecule has 1 aromatic rings. The molecule has 0 saturated carbocycles. The van der Waals surface area contributed by atoms with E-state index in [-0.39, 0.29) is 5.69 Å². The zero-order valence-electron chi connectivity index (χ0n) is 11.1. The van der Waals surface area contributed by atoms with Crippen LogP contribution in [0.2, 0.25) is 0 Å². The maximum atomic E-state index is 13.9. The van der Waals surface area contributed by atoms with Crippen LogP contribution in [0.15, 0.2) is 18.2 Å². The zero-order valence-corrected chi connectivity index (χ0v) is 12.0. The molecule has 1 aliphatic heterocycles. The Morgan fingerprint density at radius 3 is 2.60 bits per heavy atom. The monoisotopic (exact) mass is 302 g/mol. The Morgan fingerprint density at radius 1 is 1.45 bits per heavy atom. The maximum Gasteiger partial charge on any atom is 0.272 e. The summed E-state index contributed by atoms with van der Waals surface area (Å²) in [7, 11) is -2.58. The minimum Gasteiger partial charge on any atom is -0.368 e. The number of non-ortho nitro benzene ring substituents is 1. The van der Waals surface area contributed by atoms with Gasteiger partial charge in [0.05, 0.1) is 23.3 Å². The summed E-state index contributed by atoms with van der Waals surface area (Å²) in [6.07, 6.45) is 0.745. The summed E-state index contributed by atoms with van der Waals surface area (Å²) in [5.74, 6) is -0.632. The van der Waals surface area contributed by atoms with Crippen molar-refractivity contribution in [2.75, 3.05) is 36.9 Å². The molecule has 0 spiro atoms. The minimum atomic E-state index is -2.58. The van der Waals surface area contributed by atoms with Crippen molar-refractivity contribution in [1.82, 2.24) is 0 Å². The molecular formula is C12H16FN2O4P. The van der Waals surface area contributed by atoms with Crippen molar-refractivity contribution in [3.8, 4) is 0 Å². The number of halogens is 1. The van der Waals surface area contributed by atoms with E-state index in [0.29, 0.717) is 37.7 Å². The largest absolute Gasteiger partial charge is 0.368 e. The first kappa shape index (κ1) is 14.9. The lowest BCUT2D eigenvalue weighted by Crippen LogP contribution is -2.35. The fraction of sp³-hybridized carbons (Fsp3) is 0.500. The number of anilines is 1. The third kappa shape index (κ3) is 3.16. The Bertz CT molecular complexity index is 554. The number of nitro benzene ring substituents is 1. The fourth-order valence-electron chi connectivity index (χ4n) is 2.24. The second kappa shape index (κ2) is 5.89. The van der Waals surface area contributed by atoms with Gasteiger partial charge >= 0.3 is 0 Å². The molecule has 0 aromatic heterocycles. The van der Waals surface area contributed by atoms with Crippen molar-refractivity contribution >= 4 is 18.7 Å². The lowest BCUT2D eigenvalue weighted by atomic mass is 10.2. The van der Waals surface area contributed by atoms with E-state index in [4.69, 9.17) is 4.52 Å². The van der Waals surface area contributed by atoms with Gasteiger partial charge in [-0.15, -0.1) is 0 Å². The number of nitrogens with zero attached hydrogens (tertiary/aromatic N) is 2. The fourth-order valence-corrected chi connectivity index (χ4v) is 4.29. The summed E-state index contributed by atoms with van der Waals surface area (Å²) < 4.78 is 31.4. The first-order valence-electron chi connectivity index (χ1n) is 6.37. The predicted molar refractivity (Wildman–Crippen MR) is 74.2 cm³/mol. The Labute approximate surface area is 116 Å². The summed E-state index contributed by atoms with van der Waals surface area (Å²) in [6, 6.07) is 3.58. The average Bonchev–Trinajstić information content (AvgIpc) is 2.40. The second-order valence-corrected chi connectivity index (χ2v) is 7.34. The number of nitro groups is 1. The van der Waals surface area contributed by atoms with Crippen molar-refractivity contribution < 1.29 is 18.4 Å². The van der Waals surface area contributed by atoms with Gasteiger partial charge in [-0.2, -0.15) is 0 Å². The molecule has 1 heterocycles. The zero-order chi connectivity index (χ0) is 14.8. The van der Waals surface area contributed by atoms with Crippen LogP contribution >= 0.6 is 7.37 Å². The molecule has 6 nitrogen and oxygen atoms in total. The average molecular weight is 302 g/mol. The number of rotatable bonds is 4. The highest BCUT2D eigenvalue weighted by atomic mass is 31.2. The number of hydrogen-bond acceptors (Lipinski definition) is 5. The Hall–Kier alpha value is -1.46. The summed E-state index contributed by atoms with van der Waals surface area (Å²) in [5, 5.41) is 10.6. The topological polar surface area (TPSA) is 72.7 Å². The van der Waals surface area contributed by atoms with E-state index in [1.807, 2.05) is 0 Å². The van der Waals surface area contributed by atoms with Crippen LogP contribution in [0.3, 0.4) is 0 Å². The SMILES string of the molecule is CCOP1(=O)CCN(c2ccc([N+](=O)[O-])cc2F)CC1. The molecule has 0 aliphatic carbocycles. The lowest BCUT2D eigenvalue weighted by Gasteiger charge is -2.33. The van der Waals surface area contributed by atoms with Crippen molar-refractivity contribution in [2.24, 2.45) is 0 Å². The lowest BCUT2D eigenvalue weighted by molar-refractivity contribution is -0.385. The van der Waals surface area contributed by atoms with Gasteiger partial charge in [0.1, 0.15) is 0 Å². The highest BCUT2D eigenvalue weighted by Gasteiger charge is 2.30. The Kier molecular flexibility index (Phi) is 4.40. The molecule has 0 atom stereocenters. The first-order valence-corrected chi connectivity index (χ1v) is 8.36. The molecule has 0 N–H and O–H groups in total. The normalized spacial score (nSPS) is 18.0.